The van der Waals surface area contributed by atoms with E-state index in [1.165, 1.54) is 0 Å². The minimum atomic E-state index is -1.11. The summed E-state index contributed by atoms with van der Waals surface area (Å²) in [5, 5.41) is 2.86. The van der Waals surface area contributed by atoms with Crippen LogP contribution in [0.5, 0.6) is 0 Å². The van der Waals surface area contributed by atoms with Crippen molar-refractivity contribution in [2.75, 3.05) is 37.6 Å². The van der Waals surface area contributed by atoms with Crippen molar-refractivity contribution in [3.8, 4) is 0 Å². The van der Waals surface area contributed by atoms with E-state index in [0.717, 1.165) is 10.5 Å². The van der Waals surface area contributed by atoms with Gasteiger partial charge in [-0.25, -0.2) is 14.8 Å². The average Bonchev–Trinajstić information content (AvgIpc) is 3.05. The van der Waals surface area contributed by atoms with E-state index < -0.39 is 11.6 Å². The highest BCUT2D eigenvalue weighted by Crippen LogP contribution is 2.33. The maximum absolute atomic E-state index is 13.3. The second-order valence-electron chi connectivity index (χ2n) is 7.76. The number of amides is 4. The summed E-state index contributed by atoms with van der Waals surface area (Å²) >= 11 is 0. The van der Waals surface area contributed by atoms with Gasteiger partial charge in [0.1, 0.15) is 12.1 Å². The molecule has 0 spiro atoms. The quantitative estimate of drug-likeness (QED) is 0.706. The molecule has 2 fully saturated rings. The van der Waals surface area contributed by atoms with Gasteiger partial charge in [-0.05, 0) is 18.1 Å². The molecule has 1 aromatic carbocycles. The van der Waals surface area contributed by atoms with Crippen molar-refractivity contribution in [2.45, 2.75) is 25.3 Å². The largest absolute Gasteiger partial charge is 0.338 e. The van der Waals surface area contributed by atoms with Gasteiger partial charge < -0.3 is 15.1 Å². The molecule has 1 N–H and O–H groups in total. The number of hydrogen-bond acceptors (Lipinski definition) is 6. The molecule has 0 unspecified atom stereocenters. The number of benzene rings is 1. The third-order valence-electron chi connectivity index (χ3n) is 5.83. The molecule has 162 valence electrons. The van der Waals surface area contributed by atoms with Gasteiger partial charge in [0.15, 0.2) is 0 Å². The summed E-state index contributed by atoms with van der Waals surface area (Å²) in [6, 6.07) is 10.5. The van der Waals surface area contributed by atoms with Crippen LogP contribution in [0.3, 0.4) is 0 Å². The van der Waals surface area contributed by atoms with Crippen LogP contribution in [0.4, 0.5) is 10.7 Å². The Morgan fingerprint density at radius 3 is 2.35 bits per heavy atom. The lowest BCUT2D eigenvalue weighted by Gasteiger charge is -2.35. The molecule has 0 aliphatic carbocycles. The fourth-order valence-electron chi connectivity index (χ4n) is 4.22. The molecular weight excluding hydrogens is 396 g/mol. The zero-order chi connectivity index (χ0) is 21.8. The number of urea groups is 1. The number of anilines is 1. The van der Waals surface area contributed by atoms with Gasteiger partial charge in [0.25, 0.3) is 5.91 Å². The van der Waals surface area contributed by atoms with Crippen LogP contribution >= 0.6 is 0 Å². The molecule has 31 heavy (non-hydrogen) atoms. The molecule has 2 aliphatic rings. The number of nitrogens with one attached hydrogen (secondary N) is 1. The number of rotatable bonds is 6. The molecule has 1 aromatic heterocycles. The zero-order valence-corrected chi connectivity index (χ0v) is 17.5. The van der Waals surface area contributed by atoms with Crippen molar-refractivity contribution in [3.05, 3.63) is 54.4 Å². The topological polar surface area (TPSA) is 98.7 Å². The molecular formula is C22H26N6O3. The minimum absolute atomic E-state index is 0.238. The van der Waals surface area contributed by atoms with Crippen molar-refractivity contribution in [2.24, 2.45) is 0 Å². The van der Waals surface area contributed by atoms with Crippen molar-refractivity contribution >= 4 is 23.8 Å². The molecule has 2 saturated heterocycles. The van der Waals surface area contributed by atoms with Crippen LogP contribution < -0.4 is 10.2 Å². The summed E-state index contributed by atoms with van der Waals surface area (Å²) in [7, 11) is 0. The molecule has 3 heterocycles. The van der Waals surface area contributed by atoms with Gasteiger partial charge in [-0.3, -0.25) is 14.5 Å². The predicted octanol–water partition coefficient (Wildman–Crippen LogP) is 1.37. The Balaban J connectivity index is 1.43. The van der Waals surface area contributed by atoms with Gasteiger partial charge in [-0.1, -0.05) is 43.7 Å². The van der Waals surface area contributed by atoms with Gasteiger partial charge >= 0.3 is 6.03 Å². The van der Waals surface area contributed by atoms with E-state index in [4.69, 9.17) is 0 Å². The lowest BCUT2D eigenvalue weighted by molar-refractivity contribution is -0.139. The molecule has 0 radical (unpaired) electrons. The molecule has 9 heteroatoms. The van der Waals surface area contributed by atoms with E-state index in [1.807, 2.05) is 42.2 Å². The summed E-state index contributed by atoms with van der Waals surface area (Å²) < 4.78 is 0. The van der Waals surface area contributed by atoms with E-state index in [-0.39, 0.29) is 18.4 Å². The predicted molar refractivity (Wildman–Crippen MR) is 114 cm³/mol. The number of hydrogen-bond donors (Lipinski definition) is 1. The van der Waals surface area contributed by atoms with Crippen LogP contribution in [0.2, 0.25) is 0 Å². The Labute approximate surface area is 181 Å². The maximum atomic E-state index is 13.3. The Bertz CT molecular complexity index is 946. The van der Waals surface area contributed by atoms with Gasteiger partial charge in [0.05, 0.1) is 0 Å². The highest BCUT2D eigenvalue weighted by atomic mass is 16.2. The number of aromatic nitrogens is 2. The first-order valence-corrected chi connectivity index (χ1v) is 10.5. The Hall–Kier alpha value is -3.49. The van der Waals surface area contributed by atoms with Crippen molar-refractivity contribution < 1.29 is 14.4 Å². The second-order valence-corrected chi connectivity index (χ2v) is 7.76. The van der Waals surface area contributed by atoms with E-state index >= 15 is 0 Å². The van der Waals surface area contributed by atoms with Crippen LogP contribution in [0, 0.1) is 0 Å². The van der Waals surface area contributed by atoms with E-state index in [1.54, 1.807) is 23.4 Å². The van der Waals surface area contributed by atoms with E-state index in [0.29, 0.717) is 45.0 Å². The first-order chi connectivity index (χ1) is 15.0. The molecule has 1 atom stereocenters. The number of nitrogens with zero attached hydrogens (tertiary/aromatic N) is 5. The molecule has 4 rings (SSSR count). The summed E-state index contributed by atoms with van der Waals surface area (Å²) in [5.74, 6) is 0.0311. The Morgan fingerprint density at radius 2 is 1.71 bits per heavy atom. The van der Waals surface area contributed by atoms with Crippen molar-refractivity contribution in [1.82, 2.24) is 25.1 Å². The first-order valence-electron chi connectivity index (χ1n) is 10.5. The molecule has 4 amide bonds. The lowest BCUT2D eigenvalue weighted by Crippen LogP contribution is -2.52. The second kappa shape index (κ2) is 8.71. The molecule has 0 saturated carbocycles. The van der Waals surface area contributed by atoms with Crippen LogP contribution in [0.1, 0.15) is 25.3 Å². The van der Waals surface area contributed by atoms with Crippen molar-refractivity contribution in [3.63, 3.8) is 0 Å². The molecule has 2 aromatic rings. The smallest absolute Gasteiger partial charge is 0.325 e. The third-order valence-corrected chi connectivity index (χ3v) is 5.83. The van der Waals surface area contributed by atoms with Crippen molar-refractivity contribution in [1.29, 1.82) is 0 Å². The molecule has 0 bridgehead atoms. The molecule has 2 aliphatic heterocycles. The highest BCUT2D eigenvalue weighted by Gasteiger charge is 2.52. The normalized spacial score (nSPS) is 21.4. The third kappa shape index (κ3) is 3.95. The summed E-state index contributed by atoms with van der Waals surface area (Å²) in [6.07, 6.45) is 4.56. The average molecular weight is 422 g/mol. The van der Waals surface area contributed by atoms with Gasteiger partial charge in [-0.15, -0.1) is 0 Å². The fourth-order valence-corrected chi connectivity index (χ4v) is 4.22. The monoisotopic (exact) mass is 422 g/mol. The number of carbonyl (C=O) groups excluding carboxylic acids is 3. The Kier molecular flexibility index (Phi) is 5.83. The lowest BCUT2D eigenvalue weighted by atomic mass is 9.85. The summed E-state index contributed by atoms with van der Waals surface area (Å²) in [5.41, 5.74) is -0.377. The van der Waals surface area contributed by atoms with Crippen LogP contribution in [0.25, 0.3) is 0 Å². The minimum Gasteiger partial charge on any atom is -0.338 e. The standard InChI is InChI=1S/C22H26N6O3/c1-2-9-22(17-7-4-3-5-8-17)19(30)28(21(31)25-22)16-18(29)26-12-14-27(15-13-26)20-23-10-6-11-24-20/h3-8,10-11H,2,9,12-16H2,1H3,(H,25,31)/t22-/m1/s1. The highest BCUT2D eigenvalue weighted by molar-refractivity contribution is 6.09. The zero-order valence-electron chi connectivity index (χ0n) is 17.5. The van der Waals surface area contributed by atoms with Gasteiger partial charge in [0, 0.05) is 38.6 Å². The summed E-state index contributed by atoms with van der Waals surface area (Å²) in [6.45, 7) is 3.87. The van der Waals surface area contributed by atoms with Crippen LogP contribution in [-0.2, 0) is 15.1 Å². The van der Waals surface area contributed by atoms with Gasteiger partial charge in [-0.2, -0.15) is 0 Å². The molecule has 9 nitrogen and oxygen atoms in total. The van der Waals surface area contributed by atoms with Crippen LogP contribution in [0.15, 0.2) is 48.8 Å². The van der Waals surface area contributed by atoms with E-state index in [2.05, 4.69) is 15.3 Å². The summed E-state index contributed by atoms with van der Waals surface area (Å²) in [4.78, 5) is 52.2. The maximum Gasteiger partial charge on any atom is 0.325 e. The van der Waals surface area contributed by atoms with Gasteiger partial charge in [0.2, 0.25) is 11.9 Å². The first kappa shape index (κ1) is 20.8. The SMILES string of the molecule is CCC[C@]1(c2ccccc2)NC(=O)N(CC(=O)N2CCN(c3ncccn3)CC2)C1=O. The number of imide groups is 1. The Morgan fingerprint density at radius 1 is 1.03 bits per heavy atom. The fraction of sp³-hybridized carbons (Fsp3) is 0.409. The van der Waals surface area contributed by atoms with Crippen LogP contribution in [-0.4, -0.2) is 70.3 Å². The number of piperazine rings is 1. The number of carbonyl (C=O) groups is 3. The van der Waals surface area contributed by atoms with E-state index in [9.17, 15) is 14.4 Å².